The first-order chi connectivity index (χ1) is 14.4. The number of aromatic nitrogens is 1. The summed E-state index contributed by atoms with van der Waals surface area (Å²) in [6.07, 6.45) is 2.77. The molecule has 3 aromatic rings. The highest BCUT2D eigenvalue weighted by Gasteiger charge is 2.45. The molecule has 1 amide bonds. The number of hydrogen-bond acceptors (Lipinski definition) is 4. The maximum absolute atomic E-state index is 15.4. The second-order valence-electron chi connectivity index (χ2n) is 8.58. The number of nitrogens with two attached hydrogens (primary N) is 1. The number of benzene rings is 2. The minimum Gasteiger partial charge on any atom is -0.375 e. The van der Waals surface area contributed by atoms with Crippen molar-refractivity contribution in [2.45, 2.75) is 19.1 Å². The Morgan fingerprint density at radius 2 is 2.07 bits per heavy atom. The highest BCUT2D eigenvalue weighted by Crippen LogP contribution is 2.45. The zero-order valence-corrected chi connectivity index (χ0v) is 16.7. The Hall–Kier alpha value is -2.90. The Balaban J connectivity index is 1.60. The van der Waals surface area contributed by atoms with Crippen molar-refractivity contribution in [2.75, 3.05) is 31.1 Å². The molecule has 5 rings (SSSR count). The van der Waals surface area contributed by atoms with Crippen LogP contribution in [0.5, 0.6) is 0 Å². The van der Waals surface area contributed by atoms with Crippen molar-refractivity contribution >= 4 is 33.4 Å². The number of amides is 1. The quantitative estimate of drug-likeness (QED) is 0.580. The fourth-order valence-corrected chi connectivity index (χ4v) is 5.28. The lowest BCUT2D eigenvalue weighted by Gasteiger charge is -2.27. The standard InChI is InChI=1S/C23H25FN4O2/c1-2-18(29)27-9-7-23(12-27)8-10-28(13-23)21-16(24)11-15(22(25)30)20-19(21)14-5-3-4-6-17(14)26-20/h2-6,11,18,26,29H,1,7-10,12-13H2,(H2,25,30). The Bertz CT molecular complexity index is 1170. The van der Waals surface area contributed by atoms with E-state index in [0.29, 0.717) is 23.1 Å². The monoisotopic (exact) mass is 408 g/mol. The number of aliphatic hydroxyl groups is 1. The summed E-state index contributed by atoms with van der Waals surface area (Å²) in [5, 5.41) is 11.7. The van der Waals surface area contributed by atoms with Crippen molar-refractivity contribution in [3.05, 3.63) is 54.4 Å². The summed E-state index contributed by atoms with van der Waals surface area (Å²) in [5.41, 5.74) is 7.67. The van der Waals surface area contributed by atoms with Crippen LogP contribution in [0, 0.1) is 11.2 Å². The Morgan fingerprint density at radius 1 is 1.30 bits per heavy atom. The van der Waals surface area contributed by atoms with Crippen molar-refractivity contribution in [3.63, 3.8) is 0 Å². The Kier molecular flexibility index (Phi) is 4.34. The average molecular weight is 408 g/mol. The number of primary amides is 1. The van der Waals surface area contributed by atoms with Crippen molar-refractivity contribution < 1.29 is 14.3 Å². The van der Waals surface area contributed by atoms with E-state index in [1.165, 1.54) is 6.07 Å². The van der Waals surface area contributed by atoms with Crippen molar-refractivity contribution in [3.8, 4) is 0 Å². The van der Waals surface area contributed by atoms with E-state index in [9.17, 15) is 9.90 Å². The molecule has 2 atom stereocenters. The summed E-state index contributed by atoms with van der Waals surface area (Å²) >= 11 is 0. The minimum atomic E-state index is -0.653. The van der Waals surface area contributed by atoms with Gasteiger partial charge in [0.05, 0.1) is 16.8 Å². The van der Waals surface area contributed by atoms with E-state index < -0.39 is 18.0 Å². The number of halogens is 1. The van der Waals surface area contributed by atoms with Crippen LogP contribution < -0.4 is 10.6 Å². The topological polar surface area (TPSA) is 85.6 Å². The third kappa shape index (κ3) is 2.80. The van der Waals surface area contributed by atoms with Gasteiger partial charge in [-0.1, -0.05) is 24.8 Å². The van der Waals surface area contributed by atoms with Crippen LogP contribution >= 0.6 is 0 Å². The number of carbonyl (C=O) groups is 1. The molecule has 6 nitrogen and oxygen atoms in total. The molecule has 2 fully saturated rings. The molecular weight excluding hydrogens is 383 g/mol. The lowest BCUT2D eigenvalue weighted by molar-refractivity contribution is 0.0529. The molecule has 30 heavy (non-hydrogen) atoms. The minimum absolute atomic E-state index is 0.0111. The molecule has 2 aromatic carbocycles. The number of hydrogen-bond donors (Lipinski definition) is 3. The van der Waals surface area contributed by atoms with E-state index >= 15 is 4.39 Å². The smallest absolute Gasteiger partial charge is 0.250 e. The van der Waals surface area contributed by atoms with Gasteiger partial charge in [0.1, 0.15) is 12.0 Å². The van der Waals surface area contributed by atoms with Gasteiger partial charge in [0.25, 0.3) is 5.91 Å². The number of aliphatic hydroxyl groups excluding tert-OH is 1. The molecule has 7 heteroatoms. The molecule has 2 unspecified atom stereocenters. The zero-order valence-electron chi connectivity index (χ0n) is 16.7. The van der Waals surface area contributed by atoms with Crippen LogP contribution in [0.25, 0.3) is 21.8 Å². The second kappa shape index (κ2) is 6.82. The summed E-state index contributed by atoms with van der Waals surface area (Å²) in [5.74, 6) is -1.08. The lowest BCUT2D eigenvalue weighted by Crippen LogP contribution is -2.35. The highest BCUT2D eigenvalue weighted by molar-refractivity contribution is 6.19. The Morgan fingerprint density at radius 3 is 2.83 bits per heavy atom. The van der Waals surface area contributed by atoms with Gasteiger partial charge >= 0.3 is 0 Å². The normalized spacial score (nSPS) is 23.1. The number of likely N-dealkylation sites (tertiary alicyclic amines) is 1. The van der Waals surface area contributed by atoms with Gasteiger partial charge in [-0.2, -0.15) is 0 Å². The third-order valence-corrected chi connectivity index (χ3v) is 6.78. The maximum atomic E-state index is 15.4. The number of rotatable bonds is 4. The van der Waals surface area contributed by atoms with E-state index in [-0.39, 0.29) is 11.0 Å². The zero-order chi connectivity index (χ0) is 21.0. The SMILES string of the molecule is C=CC(O)N1CCC2(CCN(c3c(F)cc(C(N)=O)c4[nH]c5ccccc5c34)C2)C1. The van der Waals surface area contributed by atoms with Crippen LogP contribution in [0.4, 0.5) is 10.1 Å². The molecule has 3 heterocycles. The van der Waals surface area contributed by atoms with Gasteiger partial charge in [-0.25, -0.2) is 4.39 Å². The van der Waals surface area contributed by atoms with Gasteiger partial charge in [0.2, 0.25) is 0 Å². The van der Waals surface area contributed by atoms with Gasteiger partial charge in [-0.15, -0.1) is 0 Å². The van der Waals surface area contributed by atoms with Crippen LogP contribution in [-0.4, -0.2) is 53.3 Å². The molecule has 0 bridgehead atoms. The number of anilines is 1. The molecule has 1 spiro atoms. The first-order valence-electron chi connectivity index (χ1n) is 10.2. The molecule has 1 aromatic heterocycles. The molecule has 2 saturated heterocycles. The number of nitrogens with zero attached hydrogens (tertiary/aromatic N) is 2. The van der Waals surface area contributed by atoms with Crippen LogP contribution in [0.1, 0.15) is 23.2 Å². The number of carbonyl (C=O) groups excluding carboxylic acids is 1. The first-order valence-corrected chi connectivity index (χ1v) is 10.2. The van der Waals surface area contributed by atoms with E-state index in [4.69, 9.17) is 5.73 Å². The highest BCUT2D eigenvalue weighted by atomic mass is 19.1. The molecule has 0 saturated carbocycles. The number of fused-ring (bicyclic) bond motifs is 3. The van der Waals surface area contributed by atoms with Gasteiger partial charge < -0.3 is 20.7 Å². The van der Waals surface area contributed by atoms with E-state index in [1.54, 1.807) is 6.08 Å². The second-order valence-corrected chi connectivity index (χ2v) is 8.58. The number of para-hydroxylation sites is 1. The summed E-state index contributed by atoms with van der Waals surface area (Å²) < 4.78 is 15.4. The van der Waals surface area contributed by atoms with Crippen molar-refractivity contribution in [1.29, 1.82) is 0 Å². The summed E-state index contributed by atoms with van der Waals surface area (Å²) in [4.78, 5) is 19.4. The van der Waals surface area contributed by atoms with Crippen molar-refractivity contribution in [1.82, 2.24) is 9.88 Å². The fraction of sp³-hybridized carbons (Fsp3) is 0.348. The van der Waals surface area contributed by atoms with Gasteiger partial charge in [0, 0.05) is 47.9 Å². The maximum Gasteiger partial charge on any atom is 0.250 e. The molecular formula is C23H25FN4O2. The largest absolute Gasteiger partial charge is 0.375 e. The average Bonchev–Trinajstić information content (AvgIpc) is 3.44. The predicted octanol–water partition coefficient (Wildman–Crippen LogP) is 2.97. The lowest BCUT2D eigenvalue weighted by atomic mass is 9.86. The van der Waals surface area contributed by atoms with Gasteiger partial charge in [-0.3, -0.25) is 9.69 Å². The molecule has 0 aliphatic carbocycles. The number of nitrogens with one attached hydrogen (secondary N) is 1. The summed E-state index contributed by atoms with van der Waals surface area (Å²) in [7, 11) is 0. The van der Waals surface area contributed by atoms with E-state index in [0.717, 1.165) is 43.4 Å². The third-order valence-electron chi connectivity index (χ3n) is 6.78. The summed E-state index contributed by atoms with van der Waals surface area (Å²) in [6, 6.07) is 8.92. The van der Waals surface area contributed by atoms with Gasteiger partial charge in [0.15, 0.2) is 0 Å². The Labute approximate surface area is 173 Å². The van der Waals surface area contributed by atoms with Crippen LogP contribution in [0.3, 0.4) is 0 Å². The van der Waals surface area contributed by atoms with E-state index in [1.807, 2.05) is 29.2 Å². The summed E-state index contributed by atoms with van der Waals surface area (Å²) in [6.45, 7) is 6.66. The van der Waals surface area contributed by atoms with E-state index in [2.05, 4.69) is 16.5 Å². The van der Waals surface area contributed by atoms with Crippen molar-refractivity contribution in [2.24, 2.45) is 11.1 Å². The molecule has 156 valence electrons. The molecule has 2 aliphatic rings. The van der Waals surface area contributed by atoms with Crippen LogP contribution in [0.2, 0.25) is 0 Å². The first kappa shape index (κ1) is 19.1. The predicted molar refractivity (Wildman–Crippen MR) is 116 cm³/mol. The molecule has 4 N–H and O–H groups in total. The number of H-pyrrole nitrogens is 1. The van der Waals surface area contributed by atoms with Crippen LogP contribution in [-0.2, 0) is 0 Å². The van der Waals surface area contributed by atoms with Crippen LogP contribution in [0.15, 0.2) is 43.0 Å². The number of aromatic amines is 1. The fourth-order valence-electron chi connectivity index (χ4n) is 5.28. The molecule has 0 radical (unpaired) electrons. The van der Waals surface area contributed by atoms with Gasteiger partial charge in [-0.05, 0) is 31.1 Å². The molecule has 2 aliphatic heterocycles.